The molecule has 4 aromatic rings. The molecule has 3 heterocycles. The van der Waals surface area contributed by atoms with Crippen LogP contribution in [-0.4, -0.2) is 28.0 Å². The van der Waals surface area contributed by atoms with E-state index in [1.807, 2.05) is 13.0 Å². The van der Waals surface area contributed by atoms with Crippen LogP contribution in [0.15, 0.2) is 30.3 Å². The molecule has 1 aliphatic rings. The highest BCUT2D eigenvalue weighted by Crippen LogP contribution is 2.42. The average Bonchev–Trinajstić information content (AvgIpc) is 3.40. The van der Waals surface area contributed by atoms with E-state index in [-0.39, 0.29) is 6.42 Å². The van der Waals surface area contributed by atoms with Crippen molar-refractivity contribution in [2.24, 2.45) is 0 Å². The zero-order valence-electron chi connectivity index (χ0n) is 19.3. The molecule has 5 rings (SSSR count). The van der Waals surface area contributed by atoms with E-state index < -0.39 is 5.82 Å². The molecule has 2 aromatic heterocycles. The first-order chi connectivity index (χ1) is 16.3. The predicted octanol–water partition coefficient (Wildman–Crippen LogP) is 7.75. The van der Waals surface area contributed by atoms with Crippen molar-refractivity contribution in [1.29, 1.82) is 5.26 Å². The van der Waals surface area contributed by atoms with Crippen molar-refractivity contribution in [3.8, 4) is 17.2 Å². The summed E-state index contributed by atoms with van der Waals surface area (Å²) in [6.07, 6.45) is 2.88. The van der Waals surface area contributed by atoms with E-state index in [2.05, 4.69) is 41.0 Å². The van der Waals surface area contributed by atoms with Gasteiger partial charge in [0, 0.05) is 51.8 Å². The van der Waals surface area contributed by atoms with Gasteiger partial charge in [0.05, 0.1) is 21.6 Å². The van der Waals surface area contributed by atoms with Crippen LogP contribution in [0.3, 0.4) is 0 Å². The lowest BCUT2D eigenvalue weighted by molar-refractivity contribution is 0.253. The minimum Gasteiger partial charge on any atom is -0.356 e. The minimum atomic E-state index is -0.442. The zero-order valence-corrected chi connectivity index (χ0v) is 20.9. The van der Waals surface area contributed by atoms with Gasteiger partial charge in [0.1, 0.15) is 5.52 Å². The fourth-order valence-corrected chi connectivity index (χ4v) is 5.63. The Bertz CT molecular complexity index is 1470. The third-order valence-corrected chi connectivity index (χ3v) is 8.05. The number of hydrogen-bond donors (Lipinski definition) is 1. The molecule has 4 nitrogen and oxygen atoms in total. The highest BCUT2D eigenvalue weighted by Gasteiger charge is 2.30. The van der Waals surface area contributed by atoms with E-state index in [4.69, 9.17) is 23.2 Å². The standard InChI is InChI=1S/C27H25Cl2FN4/c1-14-9-10-22(34(14)3)21-13-18-15(2)32-27-19(26(18)33-21)12-16(6-5-11-31)23(25(27)30)17-7-4-8-20(28)24(17)29/h4,7-8,12-14,22,33H,5-6,9-10H2,1-3H3. The van der Waals surface area contributed by atoms with Crippen LogP contribution < -0.4 is 0 Å². The van der Waals surface area contributed by atoms with Crippen molar-refractivity contribution < 1.29 is 4.39 Å². The van der Waals surface area contributed by atoms with Crippen LogP contribution in [0, 0.1) is 24.1 Å². The number of aryl methyl sites for hydroxylation is 2. The van der Waals surface area contributed by atoms with Crippen molar-refractivity contribution >= 4 is 45.0 Å². The Morgan fingerprint density at radius 3 is 2.74 bits per heavy atom. The highest BCUT2D eigenvalue weighted by atomic mass is 35.5. The van der Waals surface area contributed by atoms with Gasteiger partial charge in [-0.25, -0.2) is 9.37 Å². The second-order valence-corrected chi connectivity index (χ2v) is 9.98. The van der Waals surface area contributed by atoms with E-state index in [0.717, 1.165) is 35.1 Å². The molecule has 174 valence electrons. The summed E-state index contributed by atoms with van der Waals surface area (Å²) in [6.45, 7) is 4.15. The summed E-state index contributed by atoms with van der Waals surface area (Å²) >= 11 is 12.7. The van der Waals surface area contributed by atoms with Crippen molar-refractivity contribution in [3.05, 3.63) is 63.1 Å². The second kappa shape index (κ2) is 8.85. The molecule has 0 saturated carbocycles. The SMILES string of the molecule is Cc1nc2c(F)c(-c3cccc(Cl)c3Cl)c(CCC#N)cc2c2[nH]c(C3CCC(C)N3C)cc12. The number of halogens is 3. The monoisotopic (exact) mass is 494 g/mol. The Balaban J connectivity index is 1.79. The molecule has 0 bridgehead atoms. The third kappa shape index (κ3) is 3.65. The van der Waals surface area contributed by atoms with Gasteiger partial charge in [0.2, 0.25) is 0 Å². The number of pyridine rings is 1. The van der Waals surface area contributed by atoms with Crippen molar-refractivity contribution in [2.75, 3.05) is 7.05 Å². The highest BCUT2D eigenvalue weighted by molar-refractivity contribution is 6.43. The zero-order chi connectivity index (χ0) is 24.1. The molecule has 0 radical (unpaired) electrons. The number of H-pyrrole nitrogens is 1. The fourth-order valence-electron chi connectivity index (χ4n) is 5.24. The van der Waals surface area contributed by atoms with Crippen molar-refractivity contribution in [3.63, 3.8) is 0 Å². The lowest BCUT2D eigenvalue weighted by atomic mass is 9.93. The molecule has 7 heteroatoms. The van der Waals surface area contributed by atoms with E-state index >= 15 is 4.39 Å². The van der Waals surface area contributed by atoms with Gasteiger partial charge in [-0.3, -0.25) is 4.90 Å². The normalized spacial score (nSPS) is 18.7. The van der Waals surface area contributed by atoms with Gasteiger partial charge in [0.15, 0.2) is 5.82 Å². The number of rotatable bonds is 4. The number of nitrogens with one attached hydrogen (secondary N) is 1. The third-order valence-electron chi connectivity index (χ3n) is 7.23. The lowest BCUT2D eigenvalue weighted by Crippen LogP contribution is -2.24. The maximum Gasteiger partial charge on any atom is 0.157 e. The van der Waals surface area contributed by atoms with Crippen molar-refractivity contribution in [2.45, 2.75) is 51.6 Å². The summed E-state index contributed by atoms with van der Waals surface area (Å²) in [5.41, 5.74) is 4.65. The molecule has 2 unspecified atom stereocenters. The summed E-state index contributed by atoms with van der Waals surface area (Å²) in [6, 6.07) is 12.3. The number of nitriles is 1. The van der Waals surface area contributed by atoms with Gasteiger partial charge in [-0.15, -0.1) is 0 Å². The molecular weight excluding hydrogens is 470 g/mol. The van der Waals surface area contributed by atoms with E-state index in [9.17, 15) is 5.26 Å². The number of nitrogens with zero attached hydrogens (tertiary/aromatic N) is 3. The van der Waals surface area contributed by atoms with Crippen LogP contribution in [0.5, 0.6) is 0 Å². The first kappa shape index (κ1) is 23.1. The topological polar surface area (TPSA) is 55.7 Å². The number of fused-ring (bicyclic) bond motifs is 3. The molecule has 0 amide bonds. The van der Waals surface area contributed by atoms with Gasteiger partial charge in [-0.1, -0.05) is 35.3 Å². The Morgan fingerprint density at radius 1 is 1.24 bits per heavy atom. The summed E-state index contributed by atoms with van der Waals surface area (Å²) in [4.78, 5) is 10.7. The number of aromatic amines is 1. The molecule has 1 fully saturated rings. The summed E-state index contributed by atoms with van der Waals surface area (Å²) in [5, 5.41) is 11.6. The van der Waals surface area contributed by atoms with Crippen LogP contribution in [0.1, 0.15) is 49.2 Å². The average molecular weight is 495 g/mol. The molecule has 2 atom stereocenters. The lowest BCUT2D eigenvalue weighted by Gasteiger charge is -2.22. The predicted molar refractivity (Wildman–Crippen MR) is 137 cm³/mol. The van der Waals surface area contributed by atoms with E-state index in [1.165, 1.54) is 0 Å². The molecule has 0 spiro atoms. The second-order valence-electron chi connectivity index (χ2n) is 9.20. The van der Waals surface area contributed by atoms with Crippen LogP contribution in [-0.2, 0) is 6.42 Å². The first-order valence-corrected chi connectivity index (χ1v) is 12.2. The molecule has 1 N–H and O–H groups in total. The van der Waals surface area contributed by atoms with Crippen LogP contribution in [0.25, 0.3) is 32.9 Å². The molecular formula is C27H25Cl2FN4. The van der Waals surface area contributed by atoms with Crippen LogP contribution >= 0.6 is 23.2 Å². The largest absolute Gasteiger partial charge is 0.356 e. The molecule has 34 heavy (non-hydrogen) atoms. The molecule has 0 aliphatic carbocycles. The summed E-state index contributed by atoms with van der Waals surface area (Å²) in [7, 11) is 2.15. The number of hydrogen-bond acceptors (Lipinski definition) is 3. The van der Waals surface area contributed by atoms with Crippen molar-refractivity contribution in [1.82, 2.24) is 14.9 Å². The Labute approximate surface area is 208 Å². The first-order valence-electron chi connectivity index (χ1n) is 11.5. The molecule has 1 saturated heterocycles. The number of benzene rings is 2. The smallest absolute Gasteiger partial charge is 0.157 e. The van der Waals surface area contributed by atoms with E-state index in [0.29, 0.717) is 56.1 Å². The number of aromatic nitrogens is 2. The summed E-state index contributed by atoms with van der Waals surface area (Å²) < 4.78 is 16.2. The Hall–Kier alpha value is -2.65. The Morgan fingerprint density at radius 2 is 2.03 bits per heavy atom. The van der Waals surface area contributed by atoms with Gasteiger partial charge < -0.3 is 4.98 Å². The quantitative estimate of drug-likeness (QED) is 0.315. The van der Waals surface area contributed by atoms with Crippen LogP contribution in [0.4, 0.5) is 4.39 Å². The molecule has 1 aliphatic heterocycles. The van der Waals surface area contributed by atoms with E-state index in [1.54, 1.807) is 18.2 Å². The van der Waals surface area contributed by atoms with Gasteiger partial charge in [0.25, 0.3) is 0 Å². The number of likely N-dealkylation sites (tertiary alicyclic amines) is 1. The molecule has 2 aromatic carbocycles. The fraction of sp³-hybridized carbons (Fsp3) is 0.333. The van der Waals surface area contributed by atoms with Gasteiger partial charge >= 0.3 is 0 Å². The maximum atomic E-state index is 16.2. The summed E-state index contributed by atoms with van der Waals surface area (Å²) in [5.74, 6) is -0.442. The Kier molecular flexibility index (Phi) is 6.02. The van der Waals surface area contributed by atoms with Crippen LogP contribution in [0.2, 0.25) is 10.0 Å². The van der Waals surface area contributed by atoms with Gasteiger partial charge in [-0.05, 0) is 63.9 Å². The van der Waals surface area contributed by atoms with Gasteiger partial charge in [-0.2, -0.15) is 5.26 Å². The minimum absolute atomic E-state index is 0.263. The maximum absolute atomic E-state index is 16.2.